The summed E-state index contributed by atoms with van der Waals surface area (Å²) in [4.78, 5) is 0. The van der Waals surface area contributed by atoms with Gasteiger partial charge >= 0.3 is 0 Å². The summed E-state index contributed by atoms with van der Waals surface area (Å²) in [6.45, 7) is 0. The molecule has 4 nitrogen and oxygen atoms in total. The number of ether oxygens (including phenoxy) is 2. The van der Waals surface area contributed by atoms with Gasteiger partial charge in [0.15, 0.2) is 0 Å². The van der Waals surface area contributed by atoms with Gasteiger partial charge in [-0.15, -0.1) is 0 Å². The first-order valence-corrected chi connectivity index (χ1v) is 7.92. The fourth-order valence-electron chi connectivity index (χ4n) is 2.91. The molecule has 1 atom stereocenters. The quantitative estimate of drug-likeness (QED) is 0.682. The fraction of sp³-hybridized carbons (Fsp3) is 0.143. The molecule has 4 heteroatoms. The summed E-state index contributed by atoms with van der Waals surface area (Å²) in [6.07, 6.45) is 0. The lowest BCUT2D eigenvalue weighted by Gasteiger charge is -2.20. The Morgan fingerprint density at radius 2 is 1.20 bits per heavy atom. The predicted molar refractivity (Wildman–Crippen MR) is 96.7 cm³/mol. The lowest BCUT2D eigenvalue weighted by Crippen LogP contribution is -2.04. The number of methoxy groups -OCH3 is 2. The molecule has 3 rings (SSSR count). The molecule has 0 aliphatic heterocycles. The van der Waals surface area contributed by atoms with Gasteiger partial charge in [0.1, 0.15) is 23.0 Å². The molecule has 2 N–H and O–H groups in total. The highest BCUT2D eigenvalue weighted by atomic mass is 16.5. The van der Waals surface area contributed by atoms with Crippen molar-refractivity contribution in [2.75, 3.05) is 14.2 Å². The van der Waals surface area contributed by atoms with Crippen molar-refractivity contribution in [1.82, 2.24) is 0 Å². The van der Waals surface area contributed by atoms with Gasteiger partial charge in [0.2, 0.25) is 0 Å². The van der Waals surface area contributed by atoms with Crippen LogP contribution in [0.15, 0.2) is 66.7 Å². The molecule has 128 valence electrons. The first kappa shape index (κ1) is 16.7. The maximum Gasteiger partial charge on any atom is 0.123 e. The minimum absolute atomic E-state index is 0.160. The van der Waals surface area contributed by atoms with Gasteiger partial charge in [-0.1, -0.05) is 30.3 Å². The molecule has 25 heavy (non-hydrogen) atoms. The van der Waals surface area contributed by atoms with Gasteiger partial charge in [0, 0.05) is 17.5 Å². The summed E-state index contributed by atoms with van der Waals surface area (Å²) in [5.74, 6) is 1.55. The van der Waals surface area contributed by atoms with Gasteiger partial charge in [-0.25, -0.2) is 0 Å². The normalized spacial score (nSPS) is 11.8. The summed E-state index contributed by atoms with van der Waals surface area (Å²) in [7, 11) is 3.19. The Kier molecular flexibility index (Phi) is 4.80. The monoisotopic (exact) mass is 336 g/mol. The van der Waals surface area contributed by atoms with Crippen LogP contribution in [0, 0.1) is 0 Å². The van der Waals surface area contributed by atoms with Crippen LogP contribution in [0.5, 0.6) is 23.0 Å². The van der Waals surface area contributed by atoms with E-state index in [1.54, 1.807) is 32.4 Å². The number of rotatable bonds is 5. The summed E-state index contributed by atoms with van der Waals surface area (Å²) >= 11 is 0. The second kappa shape index (κ2) is 7.18. The molecule has 0 amide bonds. The summed E-state index contributed by atoms with van der Waals surface area (Å²) in [5, 5.41) is 20.1. The van der Waals surface area contributed by atoms with Gasteiger partial charge in [-0.3, -0.25) is 0 Å². The van der Waals surface area contributed by atoms with E-state index in [0.29, 0.717) is 5.75 Å². The van der Waals surface area contributed by atoms with Crippen LogP contribution in [0.4, 0.5) is 0 Å². The molecule has 0 aromatic heterocycles. The molecule has 0 radical (unpaired) electrons. The Hall–Kier alpha value is -3.14. The number of aromatic hydroxyl groups is 2. The average Bonchev–Trinajstić information content (AvgIpc) is 2.65. The zero-order valence-corrected chi connectivity index (χ0v) is 14.1. The molecule has 0 aliphatic carbocycles. The molecule has 0 heterocycles. The summed E-state index contributed by atoms with van der Waals surface area (Å²) in [5.41, 5.74) is 2.73. The van der Waals surface area contributed by atoms with Crippen LogP contribution in [-0.4, -0.2) is 24.4 Å². The van der Waals surface area contributed by atoms with Gasteiger partial charge in [-0.2, -0.15) is 0 Å². The van der Waals surface area contributed by atoms with Crippen LogP contribution in [0.3, 0.4) is 0 Å². The zero-order chi connectivity index (χ0) is 17.8. The van der Waals surface area contributed by atoms with Gasteiger partial charge in [-0.05, 0) is 41.5 Å². The molecular weight excluding hydrogens is 316 g/mol. The number of phenols is 2. The summed E-state index contributed by atoms with van der Waals surface area (Å²) < 4.78 is 10.4. The van der Waals surface area contributed by atoms with Crippen molar-refractivity contribution in [2.45, 2.75) is 5.92 Å². The third-order valence-corrected chi connectivity index (χ3v) is 4.22. The van der Waals surface area contributed by atoms with Crippen LogP contribution in [-0.2, 0) is 0 Å². The summed E-state index contributed by atoms with van der Waals surface area (Å²) in [6, 6.07) is 20.0. The third-order valence-electron chi connectivity index (χ3n) is 4.22. The van der Waals surface area contributed by atoms with Crippen LogP contribution in [0.2, 0.25) is 0 Å². The molecule has 1 unspecified atom stereocenters. The lowest BCUT2D eigenvalue weighted by atomic mass is 9.84. The highest BCUT2D eigenvalue weighted by Crippen LogP contribution is 2.39. The highest BCUT2D eigenvalue weighted by Gasteiger charge is 2.20. The van der Waals surface area contributed by atoms with Crippen LogP contribution < -0.4 is 9.47 Å². The lowest BCUT2D eigenvalue weighted by molar-refractivity contribution is 0.406. The van der Waals surface area contributed by atoms with Gasteiger partial charge in [0.05, 0.1) is 14.2 Å². The van der Waals surface area contributed by atoms with Crippen LogP contribution in [0.25, 0.3) is 0 Å². The van der Waals surface area contributed by atoms with E-state index in [-0.39, 0.29) is 17.4 Å². The van der Waals surface area contributed by atoms with E-state index in [2.05, 4.69) is 0 Å². The maximum atomic E-state index is 10.5. The van der Waals surface area contributed by atoms with Crippen molar-refractivity contribution in [1.29, 1.82) is 0 Å². The Balaban J connectivity index is 2.12. The van der Waals surface area contributed by atoms with Crippen molar-refractivity contribution in [3.05, 3.63) is 83.4 Å². The second-order valence-corrected chi connectivity index (χ2v) is 5.72. The average molecular weight is 336 g/mol. The van der Waals surface area contributed by atoms with E-state index < -0.39 is 0 Å². The van der Waals surface area contributed by atoms with Crippen LogP contribution in [0.1, 0.15) is 22.6 Å². The number of benzene rings is 3. The molecule has 0 spiro atoms. The molecule has 0 bridgehead atoms. The number of hydrogen-bond donors (Lipinski definition) is 2. The van der Waals surface area contributed by atoms with E-state index >= 15 is 0 Å². The van der Waals surface area contributed by atoms with Crippen molar-refractivity contribution >= 4 is 0 Å². The first-order valence-electron chi connectivity index (χ1n) is 7.92. The molecule has 0 saturated carbocycles. The Bertz CT molecular complexity index is 839. The van der Waals surface area contributed by atoms with Gasteiger partial charge in [0.25, 0.3) is 0 Å². The highest BCUT2D eigenvalue weighted by molar-refractivity contribution is 5.52. The van der Waals surface area contributed by atoms with E-state index in [0.717, 1.165) is 22.4 Å². The first-order chi connectivity index (χ1) is 12.1. The smallest absolute Gasteiger partial charge is 0.123 e. The van der Waals surface area contributed by atoms with Crippen molar-refractivity contribution < 1.29 is 19.7 Å². The second-order valence-electron chi connectivity index (χ2n) is 5.72. The molecular formula is C21H20O4. The molecule has 0 fully saturated rings. The SMILES string of the molecule is COc1ccc(C(c2ccc(O)cc2)c2ccc(OC)cc2O)cc1. The van der Waals surface area contributed by atoms with E-state index in [9.17, 15) is 10.2 Å². The Labute approximate surface area is 146 Å². The van der Waals surface area contributed by atoms with Crippen molar-refractivity contribution in [3.8, 4) is 23.0 Å². The molecule has 0 saturated heterocycles. The Morgan fingerprint density at radius 1 is 0.680 bits per heavy atom. The molecule has 3 aromatic carbocycles. The van der Waals surface area contributed by atoms with E-state index in [1.807, 2.05) is 48.5 Å². The van der Waals surface area contributed by atoms with Crippen LogP contribution >= 0.6 is 0 Å². The molecule has 0 aliphatic rings. The minimum Gasteiger partial charge on any atom is -0.508 e. The number of phenolic OH excluding ortho intramolecular Hbond substituents is 2. The Morgan fingerprint density at radius 3 is 1.72 bits per heavy atom. The van der Waals surface area contributed by atoms with Crippen molar-refractivity contribution in [3.63, 3.8) is 0 Å². The topological polar surface area (TPSA) is 58.9 Å². The number of hydrogen-bond acceptors (Lipinski definition) is 4. The van der Waals surface area contributed by atoms with E-state index in [4.69, 9.17) is 9.47 Å². The molecule has 3 aromatic rings. The standard InChI is InChI=1S/C21H20O4/c1-24-17-9-5-15(6-10-17)21(14-3-7-16(22)8-4-14)19-12-11-18(25-2)13-20(19)23/h3-13,21-23H,1-2H3. The van der Waals surface area contributed by atoms with Crippen molar-refractivity contribution in [2.24, 2.45) is 0 Å². The third kappa shape index (κ3) is 3.53. The minimum atomic E-state index is -0.183. The van der Waals surface area contributed by atoms with Gasteiger partial charge < -0.3 is 19.7 Å². The fourth-order valence-corrected chi connectivity index (χ4v) is 2.91. The van der Waals surface area contributed by atoms with E-state index in [1.165, 1.54) is 0 Å². The zero-order valence-electron chi connectivity index (χ0n) is 14.1. The largest absolute Gasteiger partial charge is 0.508 e. The predicted octanol–water partition coefficient (Wildman–Crippen LogP) is 4.30. The maximum absolute atomic E-state index is 10.5.